The van der Waals surface area contributed by atoms with Gasteiger partial charge in [-0.05, 0) is 71.4 Å². The van der Waals surface area contributed by atoms with Crippen molar-refractivity contribution >= 4 is 34.0 Å². The maximum absolute atomic E-state index is 13.1. The number of carbonyl (C=O) groups is 4. The zero-order chi connectivity index (χ0) is 27.1. The average Bonchev–Trinajstić information content (AvgIpc) is 2.92. The SMILES string of the molecule is CC(C)(C)OC(=O)N(C(=O)OC(C)(C)C)C(=O)c1ccc(CN2C(=O)c3ccccc3S2(=O)=O)cc1. The highest BCUT2D eigenvalue weighted by Crippen LogP contribution is 2.31. The number of ether oxygens (including phenoxy) is 2. The monoisotopic (exact) mass is 516 g/mol. The highest BCUT2D eigenvalue weighted by molar-refractivity contribution is 7.90. The molecule has 10 nitrogen and oxygen atoms in total. The van der Waals surface area contributed by atoms with Crippen LogP contribution >= 0.6 is 0 Å². The summed E-state index contributed by atoms with van der Waals surface area (Å²) >= 11 is 0. The minimum absolute atomic E-state index is 0.0469. The largest absolute Gasteiger partial charge is 0.443 e. The van der Waals surface area contributed by atoms with Crippen LogP contribution in [0.3, 0.4) is 0 Å². The normalized spacial score (nSPS) is 14.7. The molecule has 36 heavy (non-hydrogen) atoms. The molecule has 1 heterocycles. The molecule has 0 saturated carbocycles. The van der Waals surface area contributed by atoms with E-state index in [-0.39, 0.29) is 27.5 Å². The van der Waals surface area contributed by atoms with Gasteiger partial charge in [0.15, 0.2) is 0 Å². The number of rotatable bonds is 3. The molecule has 11 heteroatoms. The highest BCUT2D eigenvalue weighted by Gasteiger charge is 2.41. The van der Waals surface area contributed by atoms with Crippen molar-refractivity contribution in [3.05, 3.63) is 65.2 Å². The van der Waals surface area contributed by atoms with E-state index in [1.807, 2.05) is 0 Å². The van der Waals surface area contributed by atoms with Crippen molar-refractivity contribution in [2.75, 3.05) is 0 Å². The van der Waals surface area contributed by atoms with Gasteiger partial charge in [-0.15, -0.1) is 4.90 Å². The number of hydrogen-bond acceptors (Lipinski definition) is 8. The summed E-state index contributed by atoms with van der Waals surface area (Å²) in [6.07, 6.45) is -2.39. The first kappa shape index (κ1) is 26.9. The van der Waals surface area contributed by atoms with Crippen molar-refractivity contribution in [3.63, 3.8) is 0 Å². The zero-order valence-electron chi connectivity index (χ0n) is 20.9. The number of nitrogens with zero attached hydrogens (tertiary/aromatic N) is 2. The molecule has 0 aliphatic carbocycles. The first-order valence-electron chi connectivity index (χ1n) is 11.1. The van der Waals surface area contributed by atoms with Crippen molar-refractivity contribution in [2.45, 2.75) is 64.2 Å². The molecule has 0 fully saturated rings. The summed E-state index contributed by atoms with van der Waals surface area (Å²) in [6.45, 7) is 9.26. The van der Waals surface area contributed by atoms with Crippen LogP contribution in [0.5, 0.6) is 0 Å². The number of amides is 4. The molecule has 2 aromatic carbocycles. The van der Waals surface area contributed by atoms with E-state index in [1.54, 1.807) is 47.6 Å². The number of carbonyl (C=O) groups excluding carboxylic acids is 4. The summed E-state index contributed by atoms with van der Waals surface area (Å²) in [7, 11) is -4.00. The van der Waals surface area contributed by atoms with Gasteiger partial charge < -0.3 is 9.47 Å². The molecule has 1 aliphatic rings. The lowest BCUT2D eigenvalue weighted by Crippen LogP contribution is -2.46. The molecular formula is C25H28N2O8S. The Hall–Kier alpha value is -3.73. The Balaban J connectivity index is 1.85. The quantitative estimate of drug-likeness (QED) is 0.589. The fourth-order valence-corrected chi connectivity index (χ4v) is 4.85. The second-order valence-corrected chi connectivity index (χ2v) is 11.9. The van der Waals surface area contributed by atoms with Gasteiger partial charge in [-0.25, -0.2) is 22.3 Å². The summed E-state index contributed by atoms with van der Waals surface area (Å²) in [5.41, 5.74) is -1.50. The lowest BCUT2D eigenvalue weighted by Gasteiger charge is -2.27. The molecule has 0 atom stereocenters. The maximum Gasteiger partial charge on any atom is 0.427 e. The van der Waals surface area contributed by atoms with E-state index in [0.717, 1.165) is 4.31 Å². The van der Waals surface area contributed by atoms with Gasteiger partial charge in [-0.2, -0.15) is 0 Å². The maximum atomic E-state index is 13.1. The molecule has 2 aromatic rings. The Kier molecular flexibility index (Phi) is 7.00. The zero-order valence-corrected chi connectivity index (χ0v) is 21.7. The predicted molar refractivity (Wildman–Crippen MR) is 129 cm³/mol. The molecule has 192 valence electrons. The number of imide groups is 3. The molecule has 0 N–H and O–H groups in total. The first-order valence-corrected chi connectivity index (χ1v) is 12.5. The Bertz CT molecular complexity index is 1290. The topological polar surface area (TPSA) is 127 Å². The first-order chi connectivity index (χ1) is 16.5. The molecule has 0 spiro atoms. The van der Waals surface area contributed by atoms with E-state index in [4.69, 9.17) is 9.47 Å². The Labute approximate surface area is 209 Å². The van der Waals surface area contributed by atoms with Crippen molar-refractivity contribution < 1.29 is 37.1 Å². The molecule has 0 saturated heterocycles. The Morgan fingerprint density at radius 3 is 1.81 bits per heavy atom. The van der Waals surface area contributed by atoms with Crippen molar-refractivity contribution in [3.8, 4) is 0 Å². The molecular weight excluding hydrogens is 488 g/mol. The van der Waals surface area contributed by atoms with Gasteiger partial charge in [-0.3, -0.25) is 9.59 Å². The summed E-state index contributed by atoms with van der Waals surface area (Å²) in [4.78, 5) is 51.3. The van der Waals surface area contributed by atoms with Crippen LogP contribution in [-0.2, 0) is 26.0 Å². The smallest absolute Gasteiger partial charge is 0.427 e. The standard InChI is InChI=1S/C25H28N2O8S/c1-24(2,3)34-22(30)27(23(31)35-25(4,5)6)20(28)17-13-11-16(12-14-17)15-26-21(29)18-9-7-8-10-19(18)36(26,32)33/h7-14H,15H2,1-6H3. The molecule has 0 unspecified atom stereocenters. The number of hydrogen-bond donors (Lipinski definition) is 0. The fraction of sp³-hybridized carbons (Fsp3) is 0.360. The van der Waals surface area contributed by atoms with Crippen LogP contribution in [0.4, 0.5) is 9.59 Å². The van der Waals surface area contributed by atoms with E-state index >= 15 is 0 Å². The van der Waals surface area contributed by atoms with Gasteiger partial charge in [0.2, 0.25) is 0 Å². The number of benzene rings is 2. The van der Waals surface area contributed by atoms with Crippen LogP contribution in [0.1, 0.15) is 67.8 Å². The number of sulfonamides is 1. The van der Waals surface area contributed by atoms with E-state index in [2.05, 4.69) is 0 Å². The summed E-state index contributed by atoms with van der Waals surface area (Å²) in [5.74, 6) is -1.63. The second kappa shape index (κ2) is 9.38. The van der Waals surface area contributed by atoms with Gasteiger partial charge in [0.05, 0.1) is 12.1 Å². The molecule has 0 bridgehead atoms. The predicted octanol–water partition coefficient (Wildman–Crippen LogP) is 4.34. The van der Waals surface area contributed by atoms with E-state index < -0.39 is 45.2 Å². The Morgan fingerprint density at radius 2 is 1.33 bits per heavy atom. The fourth-order valence-electron chi connectivity index (χ4n) is 3.29. The molecule has 0 aromatic heterocycles. The minimum atomic E-state index is -4.00. The Morgan fingerprint density at radius 1 is 0.833 bits per heavy atom. The third-order valence-electron chi connectivity index (χ3n) is 4.79. The molecule has 3 rings (SSSR count). The van der Waals surface area contributed by atoms with Crippen molar-refractivity contribution in [2.24, 2.45) is 0 Å². The van der Waals surface area contributed by atoms with Gasteiger partial charge in [0, 0.05) is 5.56 Å². The second-order valence-electron chi connectivity index (χ2n) is 10.1. The van der Waals surface area contributed by atoms with Gasteiger partial charge in [-0.1, -0.05) is 24.3 Å². The third-order valence-corrected chi connectivity index (χ3v) is 6.58. The molecule has 1 aliphatic heterocycles. The summed E-state index contributed by atoms with van der Waals surface area (Å²) in [5, 5.41) is 0. The van der Waals surface area contributed by atoms with Crippen LogP contribution in [-0.4, -0.2) is 52.8 Å². The lowest BCUT2D eigenvalue weighted by atomic mass is 10.1. The van der Waals surface area contributed by atoms with Gasteiger partial charge in [0.25, 0.3) is 21.8 Å². The van der Waals surface area contributed by atoms with Crippen LogP contribution in [0.15, 0.2) is 53.4 Å². The van der Waals surface area contributed by atoms with Crippen molar-refractivity contribution in [1.29, 1.82) is 0 Å². The average molecular weight is 517 g/mol. The molecule has 4 amide bonds. The van der Waals surface area contributed by atoms with Crippen LogP contribution in [0, 0.1) is 0 Å². The lowest BCUT2D eigenvalue weighted by molar-refractivity contribution is 0.00393. The minimum Gasteiger partial charge on any atom is -0.443 e. The van der Waals surface area contributed by atoms with Crippen molar-refractivity contribution in [1.82, 2.24) is 9.21 Å². The summed E-state index contributed by atoms with van der Waals surface area (Å²) in [6, 6.07) is 11.4. The van der Waals surface area contributed by atoms with E-state index in [0.29, 0.717) is 5.56 Å². The van der Waals surface area contributed by atoms with Crippen LogP contribution in [0.2, 0.25) is 0 Å². The molecule has 0 radical (unpaired) electrons. The van der Waals surface area contributed by atoms with Gasteiger partial charge in [0.1, 0.15) is 16.1 Å². The number of fused-ring (bicyclic) bond motifs is 1. The van der Waals surface area contributed by atoms with E-state index in [1.165, 1.54) is 42.5 Å². The third kappa shape index (κ3) is 5.73. The van der Waals surface area contributed by atoms with E-state index in [9.17, 15) is 27.6 Å². The van der Waals surface area contributed by atoms with Gasteiger partial charge >= 0.3 is 12.2 Å². The summed E-state index contributed by atoms with van der Waals surface area (Å²) < 4.78 is 36.7. The van der Waals surface area contributed by atoms with Crippen LogP contribution < -0.4 is 0 Å². The van der Waals surface area contributed by atoms with Crippen LogP contribution in [0.25, 0.3) is 0 Å². The highest BCUT2D eigenvalue weighted by atomic mass is 32.2.